The van der Waals surface area contributed by atoms with Crippen LogP contribution < -0.4 is 0 Å². The molecule has 0 spiro atoms. The predicted molar refractivity (Wildman–Crippen MR) is 42.5 cm³/mol. The number of fused-ring (bicyclic) bond motifs is 1. The van der Waals surface area contributed by atoms with Crippen LogP contribution >= 0.6 is 0 Å². The van der Waals surface area contributed by atoms with Gasteiger partial charge in [0, 0.05) is 0 Å². The van der Waals surface area contributed by atoms with Gasteiger partial charge in [-0.2, -0.15) is 0 Å². The molecule has 0 aromatic rings. The molecule has 6 heteroatoms. The molecule has 0 radical (unpaired) electrons. The van der Waals surface area contributed by atoms with Crippen LogP contribution in [0.1, 0.15) is 25.7 Å². The molecule has 1 N–H and O–H groups in total. The van der Waals surface area contributed by atoms with Crippen molar-refractivity contribution in [3.8, 4) is 0 Å². The summed E-state index contributed by atoms with van der Waals surface area (Å²) in [6.45, 7) is 0.422. The van der Waals surface area contributed by atoms with Gasteiger partial charge in [-0.1, -0.05) is 0 Å². The first-order valence-corrected chi connectivity index (χ1v) is 4.82. The van der Waals surface area contributed by atoms with Gasteiger partial charge in [-0.3, -0.25) is 0 Å². The maximum Gasteiger partial charge on any atom is 0.0857 e. The first-order valence-electron chi connectivity index (χ1n) is 4.82. The van der Waals surface area contributed by atoms with Gasteiger partial charge in [0.15, 0.2) is 0 Å². The molecule has 2 rings (SSSR count). The molecule has 1 heterocycles. The van der Waals surface area contributed by atoms with E-state index >= 15 is 0 Å². The Bertz CT molecular complexity index is 175. The van der Waals surface area contributed by atoms with Crippen molar-refractivity contribution in [2.45, 2.75) is 37.9 Å². The maximum absolute atomic E-state index is 7.71. The Kier molecular flexibility index (Phi) is 3.68. The van der Waals surface area contributed by atoms with Gasteiger partial charge in [0.2, 0.25) is 0 Å². The molecule has 0 bridgehead atoms. The molecule has 3 unspecified atom stereocenters. The van der Waals surface area contributed by atoms with E-state index < -0.39 is 0 Å². The van der Waals surface area contributed by atoms with E-state index in [-0.39, 0.29) is 0 Å². The molecule has 2 aliphatic rings. The zero-order valence-corrected chi connectivity index (χ0v) is 7.76. The Balaban J connectivity index is 1.48. The molecule has 0 aromatic heterocycles. The molecule has 1 saturated carbocycles. The lowest BCUT2D eigenvalue weighted by Crippen LogP contribution is -2.15. The molecule has 1 saturated heterocycles. The van der Waals surface area contributed by atoms with Crippen molar-refractivity contribution in [1.29, 1.82) is 0 Å². The molecular formula is C8H14O6. The highest BCUT2D eigenvalue weighted by Gasteiger charge is 2.43. The quantitative estimate of drug-likeness (QED) is 0.305. The second-order valence-corrected chi connectivity index (χ2v) is 3.71. The highest BCUT2D eigenvalue weighted by atomic mass is 17.8. The first-order chi connectivity index (χ1) is 6.90. The standard InChI is InChI=1S/C8H14O6/c9-12-14-13-10-4-3-6-1-2-7-8(5-6)11-7/h6-9H,1-5H2. The summed E-state index contributed by atoms with van der Waals surface area (Å²) in [6, 6.07) is 0. The summed E-state index contributed by atoms with van der Waals surface area (Å²) in [5.41, 5.74) is 0. The zero-order valence-electron chi connectivity index (χ0n) is 7.76. The van der Waals surface area contributed by atoms with Crippen LogP contribution in [0.2, 0.25) is 0 Å². The number of ether oxygens (including phenoxy) is 1. The molecule has 6 nitrogen and oxygen atoms in total. The molecule has 82 valence electrons. The topological polar surface area (TPSA) is 69.7 Å². The van der Waals surface area contributed by atoms with Gasteiger partial charge >= 0.3 is 0 Å². The van der Waals surface area contributed by atoms with Gasteiger partial charge in [0.25, 0.3) is 0 Å². The molecule has 1 aliphatic carbocycles. The lowest BCUT2D eigenvalue weighted by molar-refractivity contribution is -0.702. The third kappa shape index (κ3) is 2.88. The molecule has 14 heavy (non-hydrogen) atoms. The normalized spacial score (nSPS) is 35.4. The first kappa shape index (κ1) is 10.3. The van der Waals surface area contributed by atoms with E-state index in [0.717, 1.165) is 19.3 Å². The van der Waals surface area contributed by atoms with Crippen LogP contribution in [0.5, 0.6) is 0 Å². The summed E-state index contributed by atoms with van der Waals surface area (Å²) in [7, 11) is 0. The van der Waals surface area contributed by atoms with E-state index in [9.17, 15) is 0 Å². The highest BCUT2D eigenvalue weighted by molar-refractivity contribution is 4.91. The molecule has 2 fully saturated rings. The van der Waals surface area contributed by atoms with Crippen molar-refractivity contribution < 1.29 is 30.0 Å². The van der Waals surface area contributed by atoms with Crippen LogP contribution in [0.25, 0.3) is 0 Å². The summed E-state index contributed by atoms with van der Waals surface area (Å²) in [5.74, 6) is 0.636. The minimum absolute atomic E-state index is 0.422. The SMILES string of the molecule is OOOOOCCC1CCC2OC2C1. The Morgan fingerprint density at radius 1 is 1.21 bits per heavy atom. The van der Waals surface area contributed by atoms with Crippen molar-refractivity contribution in [3.05, 3.63) is 0 Å². The smallest absolute Gasteiger partial charge is 0.0857 e. The Morgan fingerprint density at radius 3 is 2.93 bits per heavy atom. The molecule has 0 aromatic carbocycles. The van der Waals surface area contributed by atoms with Crippen molar-refractivity contribution in [2.24, 2.45) is 5.92 Å². The minimum Gasteiger partial charge on any atom is -0.370 e. The lowest BCUT2D eigenvalue weighted by Gasteiger charge is -2.17. The van der Waals surface area contributed by atoms with E-state index in [1.807, 2.05) is 0 Å². The summed E-state index contributed by atoms with van der Waals surface area (Å²) in [4.78, 5) is 4.58. The Labute approximate surface area is 81.4 Å². The van der Waals surface area contributed by atoms with Crippen molar-refractivity contribution in [3.63, 3.8) is 0 Å². The van der Waals surface area contributed by atoms with Gasteiger partial charge in [0.05, 0.1) is 18.8 Å². The largest absolute Gasteiger partial charge is 0.370 e. The number of hydrogen-bond donors (Lipinski definition) is 1. The van der Waals surface area contributed by atoms with Crippen LogP contribution in [-0.2, 0) is 24.7 Å². The van der Waals surface area contributed by atoms with Gasteiger partial charge < -0.3 is 4.74 Å². The number of hydrogen-bond acceptors (Lipinski definition) is 6. The second kappa shape index (κ2) is 5.01. The Morgan fingerprint density at radius 2 is 2.14 bits per heavy atom. The molecular weight excluding hydrogens is 192 g/mol. The highest BCUT2D eigenvalue weighted by Crippen LogP contribution is 2.40. The average molecular weight is 206 g/mol. The third-order valence-corrected chi connectivity index (χ3v) is 2.83. The Hall–Kier alpha value is -0.240. The summed E-state index contributed by atoms with van der Waals surface area (Å²) in [6.07, 6.45) is 5.39. The summed E-state index contributed by atoms with van der Waals surface area (Å²) >= 11 is 0. The van der Waals surface area contributed by atoms with Gasteiger partial charge in [-0.05, 0) is 46.7 Å². The van der Waals surface area contributed by atoms with E-state index in [4.69, 9.17) is 9.99 Å². The van der Waals surface area contributed by atoms with Crippen LogP contribution in [0.4, 0.5) is 0 Å². The molecule has 1 aliphatic heterocycles. The van der Waals surface area contributed by atoms with Crippen LogP contribution in [0.15, 0.2) is 0 Å². The molecule has 0 amide bonds. The fraction of sp³-hybridized carbons (Fsp3) is 1.00. The molecule has 3 atom stereocenters. The second-order valence-electron chi connectivity index (χ2n) is 3.71. The predicted octanol–water partition coefficient (Wildman–Crippen LogP) is 1.23. The summed E-state index contributed by atoms with van der Waals surface area (Å²) < 4.78 is 5.40. The van der Waals surface area contributed by atoms with Crippen molar-refractivity contribution >= 4 is 0 Å². The lowest BCUT2D eigenvalue weighted by atomic mass is 9.87. The number of epoxide rings is 1. The van der Waals surface area contributed by atoms with E-state index in [1.165, 1.54) is 6.42 Å². The monoisotopic (exact) mass is 206 g/mol. The van der Waals surface area contributed by atoms with Gasteiger partial charge in [0.1, 0.15) is 0 Å². The van der Waals surface area contributed by atoms with E-state index in [0.29, 0.717) is 24.7 Å². The zero-order chi connectivity index (χ0) is 9.80. The van der Waals surface area contributed by atoms with Crippen molar-refractivity contribution in [2.75, 3.05) is 6.61 Å². The average Bonchev–Trinajstić information content (AvgIpc) is 2.95. The number of rotatable bonds is 6. The van der Waals surface area contributed by atoms with Crippen LogP contribution in [-0.4, -0.2) is 24.1 Å². The fourth-order valence-corrected chi connectivity index (χ4v) is 2.03. The maximum atomic E-state index is 7.71. The fourth-order valence-electron chi connectivity index (χ4n) is 2.03. The summed E-state index contributed by atoms with van der Waals surface area (Å²) in [5, 5.41) is 18.6. The van der Waals surface area contributed by atoms with Gasteiger partial charge in [-0.25, -0.2) is 10.1 Å². The van der Waals surface area contributed by atoms with Crippen LogP contribution in [0.3, 0.4) is 0 Å². The van der Waals surface area contributed by atoms with Gasteiger partial charge in [-0.15, -0.1) is 0 Å². The minimum atomic E-state index is 0.422. The third-order valence-electron chi connectivity index (χ3n) is 2.83. The van der Waals surface area contributed by atoms with E-state index in [2.05, 4.69) is 20.0 Å². The van der Waals surface area contributed by atoms with E-state index in [1.54, 1.807) is 0 Å². The van der Waals surface area contributed by atoms with Crippen LogP contribution in [0, 0.1) is 5.92 Å². The van der Waals surface area contributed by atoms with Crippen molar-refractivity contribution in [1.82, 2.24) is 0 Å².